The number of aromatic nitrogens is 1. The molecule has 0 saturated carbocycles. The Bertz CT molecular complexity index is 374. The van der Waals surface area contributed by atoms with Crippen molar-refractivity contribution in [3.63, 3.8) is 0 Å². The highest BCUT2D eigenvalue weighted by Gasteiger charge is 2.26. The Morgan fingerprint density at radius 1 is 1.33 bits per heavy atom. The SMILES string of the molecule is CNCc1cccc(OC2CC(C)OC(C)C2)n1. The van der Waals surface area contributed by atoms with Gasteiger partial charge in [-0.15, -0.1) is 0 Å². The molecule has 0 aliphatic carbocycles. The molecule has 100 valence electrons. The molecule has 2 unspecified atom stereocenters. The third kappa shape index (κ3) is 3.68. The predicted molar refractivity (Wildman–Crippen MR) is 70.7 cm³/mol. The van der Waals surface area contributed by atoms with Crippen molar-refractivity contribution in [2.75, 3.05) is 7.05 Å². The van der Waals surface area contributed by atoms with E-state index in [1.165, 1.54) is 0 Å². The fourth-order valence-corrected chi connectivity index (χ4v) is 2.41. The minimum Gasteiger partial charge on any atom is -0.474 e. The van der Waals surface area contributed by atoms with Crippen LogP contribution in [0.25, 0.3) is 0 Å². The molecule has 1 aromatic rings. The fourth-order valence-electron chi connectivity index (χ4n) is 2.41. The quantitative estimate of drug-likeness (QED) is 0.889. The highest BCUT2D eigenvalue weighted by atomic mass is 16.5. The topological polar surface area (TPSA) is 43.4 Å². The summed E-state index contributed by atoms with van der Waals surface area (Å²) in [6.45, 7) is 4.95. The summed E-state index contributed by atoms with van der Waals surface area (Å²) in [5.41, 5.74) is 1.00. The van der Waals surface area contributed by atoms with Gasteiger partial charge in [-0.25, -0.2) is 4.98 Å². The summed E-state index contributed by atoms with van der Waals surface area (Å²) in [5, 5.41) is 3.09. The van der Waals surface area contributed by atoms with Gasteiger partial charge in [0.25, 0.3) is 0 Å². The lowest BCUT2D eigenvalue weighted by Gasteiger charge is -2.31. The Balaban J connectivity index is 1.97. The van der Waals surface area contributed by atoms with Crippen LogP contribution in [0.3, 0.4) is 0 Å². The zero-order valence-electron chi connectivity index (χ0n) is 11.3. The molecule has 1 aliphatic rings. The van der Waals surface area contributed by atoms with E-state index in [4.69, 9.17) is 9.47 Å². The maximum absolute atomic E-state index is 5.96. The van der Waals surface area contributed by atoms with Crippen LogP contribution in [0, 0.1) is 0 Å². The Morgan fingerprint density at radius 2 is 2.06 bits per heavy atom. The first-order chi connectivity index (χ1) is 8.67. The van der Waals surface area contributed by atoms with E-state index < -0.39 is 0 Å². The number of nitrogens with one attached hydrogen (secondary N) is 1. The molecule has 1 N–H and O–H groups in total. The molecule has 4 nitrogen and oxygen atoms in total. The predicted octanol–water partition coefficient (Wildman–Crippen LogP) is 2.14. The van der Waals surface area contributed by atoms with Crippen molar-refractivity contribution in [1.29, 1.82) is 0 Å². The molecule has 1 fully saturated rings. The molecule has 1 saturated heterocycles. The van der Waals surface area contributed by atoms with E-state index in [1.807, 2.05) is 25.2 Å². The summed E-state index contributed by atoms with van der Waals surface area (Å²) in [6, 6.07) is 5.91. The number of rotatable bonds is 4. The molecule has 0 radical (unpaired) electrons. The van der Waals surface area contributed by atoms with Crippen LogP contribution in [0.1, 0.15) is 32.4 Å². The van der Waals surface area contributed by atoms with E-state index in [2.05, 4.69) is 24.1 Å². The van der Waals surface area contributed by atoms with Gasteiger partial charge in [-0.1, -0.05) is 6.07 Å². The van der Waals surface area contributed by atoms with E-state index in [0.717, 1.165) is 25.1 Å². The van der Waals surface area contributed by atoms with Crippen LogP contribution in [0.5, 0.6) is 5.88 Å². The van der Waals surface area contributed by atoms with Crippen LogP contribution >= 0.6 is 0 Å². The molecule has 0 bridgehead atoms. The van der Waals surface area contributed by atoms with Crippen LogP contribution in [0.4, 0.5) is 0 Å². The van der Waals surface area contributed by atoms with Gasteiger partial charge in [0.15, 0.2) is 0 Å². The van der Waals surface area contributed by atoms with Gasteiger partial charge in [0.1, 0.15) is 6.10 Å². The van der Waals surface area contributed by atoms with E-state index >= 15 is 0 Å². The first-order valence-electron chi connectivity index (χ1n) is 6.60. The van der Waals surface area contributed by atoms with E-state index in [0.29, 0.717) is 5.88 Å². The molecular weight excluding hydrogens is 228 g/mol. The number of ether oxygens (including phenoxy) is 2. The summed E-state index contributed by atoms with van der Waals surface area (Å²) in [7, 11) is 1.91. The Labute approximate surface area is 109 Å². The fraction of sp³-hybridized carbons (Fsp3) is 0.643. The maximum Gasteiger partial charge on any atom is 0.213 e. The zero-order chi connectivity index (χ0) is 13.0. The number of hydrogen-bond donors (Lipinski definition) is 1. The van der Waals surface area contributed by atoms with Crippen LogP contribution < -0.4 is 10.1 Å². The Morgan fingerprint density at radius 3 is 2.72 bits per heavy atom. The molecule has 18 heavy (non-hydrogen) atoms. The van der Waals surface area contributed by atoms with Gasteiger partial charge in [0.05, 0.1) is 17.9 Å². The highest BCUT2D eigenvalue weighted by molar-refractivity contribution is 5.16. The van der Waals surface area contributed by atoms with Gasteiger partial charge < -0.3 is 14.8 Å². The third-order valence-corrected chi connectivity index (χ3v) is 3.08. The molecule has 1 aliphatic heterocycles. The van der Waals surface area contributed by atoms with Crippen molar-refractivity contribution in [1.82, 2.24) is 10.3 Å². The lowest BCUT2D eigenvalue weighted by Crippen LogP contribution is -2.35. The molecule has 0 spiro atoms. The summed E-state index contributed by atoms with van der Waals surface area (Å²) < 4.78 is 11.7. The summed E-state index contributed by atoms with van der Waals surface area (Å²) in [5.74, 6) is 0.717. The number of hydrogen-bond acceptors (Lipinski definition) is 4. The molecule has 0 amide bonds. The molecule has 1 aromatic heterocycles. The monoisotopic (exact) mass is 250 g/mol. The third-order valence-electron chi connectivity index (χ3n) is 3.08. The molecular formula is C14H22N2O2. The van der Waals surface area contributed by atoms with Crippen molar-refractivity contribution < 1.29 is 9.47 Å². The summed E-state index contributed by atoms with van der Waals surface area (Å²) >= 11 is 0. The lowest BCUT2D eigenvalue weighted by atomic mass is 10.0. The van der Waals surface area contributed by atoms with Gasteiger partial charge in [0, 0.05) is 25.5 Å². The van der Waals surface area contributed by atoms with Crippen LogP contribution in [0.2, 0.25) is 0 Å². The highest BCUT2D eigenvalue weighted by Crippen LogP contribution is 2.23. The first kappa shape index (κ1) is 13.3. The minimum absolute atomic E-state index is 0.209. The van der Waals surface area contributed by atoms with E-state index in [1.54, 1.807) is 0 Å². The second-order valence-electron chi connectivity index (χ2n) is 4.97. The van der Waals surface area contributed by atoms with E-state index in [-0.39, 0.29) is 18.3 Å². The lowest BCUT2D eigenvalue weighted by molar-refractivity contribution is -0.0729. The number of nitrogens with zero attached hydrogens (tertiary/aromatic N) is 1. The van der Waals surface area contributed by atoms with Gasteiger partial charge >= 0.3 is 0 Å². The minimum atomic E-state index is 0.209. The molecule has 4 heteroatoms. The second-order valence-corrected chi connectivity index (χ2v) is 4.97. The Kier molecular flexibility index (Phi) is 4.55. The van der Waals surface area contributed by atoms with Gasteiger partial charge in [-0.2, -0.15) is 0 Å². The van der Waals surface area contributed by atoms with Crippen molar-refractivity contribution in [3.05, 3.63) is 23.9 Å². The maximum atomic E-state index is 5.96. The van der Waals surface area contributed by atoms with Crippen LogP contribution in [0.15, 0.2) is 18.2 Å². The average molecular weight is 250 g/mol. The second kappa shape index (κ2) is 6.16. The largest absolute Gasteiger partial charge is 0.474 e. The Hall–Kier alpha value is -1.13. The van der Waals surface area contributed by atoms with Crippen molar-refractivity contribution in [2.24, 2.45) is 0 Å². The number of pyridine rings is 1. The molecule has 2 rings (SSSR count). The summed E-state index contributed by atoms with van der Waals surface area (Å²) in [4.78, 5) is 4.48. The van der Waals surface area contributed by atoms with Crippen LogP contribution in [-0.4, -0.2) is 30.3 Å². The summed E-state index contributed by atoms with van der Waals surface area (Å²) in [6.07, 6.45) is 2.60. The van der Waals surface area contributed by atoms with Crippen molar-refractivity contribution >= 4 is 0 Å². The van der Waals surface area contributed by atoms with Crippen molar-refractivity contribution in [3.8, 4) is 5.88 Å². The first-order valence-corrected chi connectivity index (χ1v) is 6.60. The van der Waals surface area contributed by atoms with Gasteiger partial charge in [-0.05, 0) is 27.0 Å². The standard InChI is InChI=1S/C14H22N2O2/c1-10-7-13(8-11(2)17-10)18-14-6-4-5-12(16-14)9-15-3/h4-6,10-11,13,15H,7-9H2,1-3H3. The smallest absolute Gasteiger partial charge is 0.213 e. The van der Waals surface area contributed by atoms with Gasteiger partial charge in [-0.3, -0.25) is 0 Å². The van der Waals surface area contributed by atoms with E-state index in [9.17, 15) is 0 Å². The van der Waals surface area contributed by atoms with Gasteiger partial charge in [0.2, 0.25) is 5.88 Å². The average Bonchev–Trinajstić information content (AvgIpc) is 2.28. The molecule has 2 heterocycles. The van der Waals surface area contributed by atoms with Crippen LogP contribution in [-0.2, 0) is 11.3 Å². The van der Waals surface area contributed by atoms with Crippen molar-refractivity contribution in [2.45, 2.75) is 51.5 Å². The molecule has 2 atom stereocenters. The molecule has 0 aromatic carbocycles. The zero-order valence-corrected chi connectivity index (χ0v) is 11.3. The normalized spacial score (nSPS) is 28.1.